The second kappa shape index (κ2) is 6.33. The molecule has 1 N–H and O–H groups in total. The normalized spacial score (nSPS) is 10.4. The lowest BCUT2D eigenvalue weighted by atomic mass is 10.2. The summed E-state index contributed by atoms with van der Waals surface area (Å²) in [6.07, 6.45) is -1.26. The lowest BCUT2D eigenvalue weighted by Gasteiger charge is -2.23. The maximum absolute atomic E-state index is 12.3. The first-order valence-corrected chi connectivity index (χ1v) is 5.16. The zero-order chi connectivity index (χ0) is 12.8. The second-order valence-electron chi connectivity index (χ2n) is 3.17. The van der Waals surface area contributed by atoms with E-state index in [1.807, 2.05) is 6.07 Å². The van der Waals surface area contributed by atoms with Crippen LogP contribution >= 0.6 is 11.6 Å². The van der Waals surface area contributed by atoms with E-state index in [1.54, 1.807) is 0 Å². The third kappa shape index (κ3) is 3.51. The van der Waals surface area contributed by atoms with E-state index in [9.17, 15) is 8.78 Å². The Balaban J connectivity index is 3.05. The number of anilines is 1. The monoisotopic (exact) mass is 261 g/mol. The van der Waals surface area contributed by atoms with E-state index in [4.69, 9.17) is 22.0 Å². The van der Waals surface area contributed by atoms with Crippen LogP contribution in [0.3, 0.4) is 0 Å². The van der Waals surface area contributed by atoms with Gasteiger partial charge in [0.2, 0.25) is 0 Å². The molecule has 1 aromatic rings. The molecule has 0 bridgehead atoms. The molecule has 0 aliphatic heterocycles. The predicted octanol–water partition coefficient (Wildman–Crippen LogP) is 1.67. The molecular formula is C10H10ClF2N3O. The summed E-state index contributed by atoms with van der Waals surface area (Å²) in [4.78, 5) is 5.00. The lowest BCUT2D eigenvalue weighted by Crippen LogP contribution is -2.32. The Labute approximate surface area is 102 Å². The molecule has 0 aromatic carbocycles. The van der Waals surface area contributed by atoms with Crippen LogP contribution in [0.1, 0.15) is 5.56 Å². The van der Waals surface area contributed by atoms with E-state index in [0.29, 0.717) is 0 Å². The summed E-state index contributed by atoms with van der Waals surface area (Å²) in [6, 6.07) is 3.23. The van der Waals surface area contributed by atoms with Gasteiger partial charge in [0.1, 0.15) is 16.9 Å². The van der Waals surface area contributed by atoms with Crippen molar-refractivity contribution in [1.82, 2.24) is 4.98 Å². The highest BCUT2D eigenvalue weighted by atomic mass is 35.5. The molecule has 1 aromatic heterocycles. The fraction of sp³-hybridized carbons (Fsp3) is 0.400. The quantitative estimate of drug-likeness (QED) is 0.876. The minimum Gasteiger partial charge on any atom is -0.395 e. The summed E-state index contributed by atoms with van der Waals surface area (Å²) in [5, 5.41) is 17.6. The Morgan fingerprint density at radius 3 is 2.82 bits per heavy atom. The molecule has 17 heavy (non-hydrogen) atoms. The number of aliphatic hydroxyl groups excluding tert-OH is 1. The number of pyridine rings is 1. The standard InChI is InChI=1S/C10H10ClF2N3O/c11-9-7(5-14)1-2-15-10(9)16(3-4-17)6-8(12)13/h1-2,8,17H,3-4,6H2. The van der Waals surface area contributed by atoms with Gasteiger partial charge in [-0.2, -0.15) is 5.26 Å². The molecule has 1 heterocycles. The van der Waals surface area contributed by atoms with Crippen LogP contribution < -0.4 is 4.90 Å². The smallest absolute Gasteiger partial charge is 0.255 e. The Bertz CT molecular complexity index is 423. The molecule has 0 unspecified atom stereocenters. The number of nitriles is 1. The topological polar surface area (TPSA) is 60.2 Å². The van der Waals surface area contributed by atoms with Crippen molar-refractivity contribution < 1.29 is 13.9 Å². The summed E-state index contributed by atoms with van der Waals surface area (Å²) in [6.45, 7) is -0.921. The SMILES string of the molecule is N#Cc1ccnc(N(CCO)CC(F)F)c1Cl. The highest BCUT2D eigenvalue weighted by Crippen LogP contribution is 2.26. The molecule has 92 valence electrons. The third-order valence-corrected chi connectivity index (χ3v) is 2.39. The van der Waals surface area contributed by atoms with Gasteiger partial charge in [0.15, 0.2) is 0 Å². The van der Waals surface area contributed by atoms with Gasteiger partial charge in [-0.1, -0.05) is 11.6 Å². The number of halogens is 3. The molecule has 0 aliphatic rings. The van der Waals surface area contributed by atoms with Crippen molar-refractivity contribution >= 4 is 17.4 Å². The molecule has 0 saturated heterocycles. The van der Waals surface area contributed by atoms with Crippen LogP contribution in [-0.4, -0.2) is 36.2 Å². The maximum Gasteiger partial charge on any atom is 0.255 e. The fourth-order valence-corrected chi connectivity index (χ4v) is 1.58. The highest BCUT2D eigenvalue weighted by Gasteiger charge is 2.18. The number of nitrogens with zero attached hydrogens (tertiary/aromatic N) is 3. The first kappa shape index (κ1) is 13.6. The third-order valence-electron chi connectivity index (χ3n) is 2.02. The number of hydrogen-bond donors (Lipinski definition) is 1. The molecule has 0 fully saturated rings. The van der Waals surface area contributed by atoms with Crippen molar-refractivity contribution in [2.45, 2.75) is 6.43 Å². The van der Waals surface area contributed by atoms with Crippen LogP contribution in [0.15, 0.2) is 12.3 Å². The van der Waals surface area contributed by atoms with E-state index in [2.05, 4.69) is 4.98 Å². The molecule has 0 amide bonds. The van der Waals surface area contributed by atoms with Gasteiger partial charge >= 0.3 is 0 Å². The summed E-state index contributed by atoms with van der Waals surface area (Å²) >= 11 is 5.87. The second-order valence-corrected chi connectivity index (χ2v) is 3.55. The maximum atomic E-state index is 12.3. The summed E-state index contributed by atoms with van der Waals surface area (Å²) < 4.78 is 24.7. The van der Waals surface area contributed by atoms with Gasteiger partial charge in [-0.25, -0.2) is 13.8 Å². The fourth-order valence-electron chi connectivity index (χ4n) is 1.31. The average molecular weight is 262 g/mol. The molecule has 1 rings (SSSR count). The van der Waals surface area contributed by atoms with Gasteiger partial charge in [0, 0.05) is 12.7 Å². The van der Waals surface area contributed by atoms with Crippen molar-refractivity contribution in [3.8, 4) is 6.07 Å². The highest BCUT2D eigenvalue weighted by molar-refractivity contribution is 6.34. The molecule has 0 spiro atoms. The number of hydrogen-bond acceptors (Lipinski definition) is 4. The molecule has 0 atom stereocenters. The Morgan fingerprint density at radius 1 is 1.59 bits per heavy atom. The molecule has 7 heteroatoms. The van der Waals surface area contributed by atoms with Gasteiger partial charge in [-0.05, 0) is 6.07 Å². The van der Waals surface area contributed by atoms with Crippen molar-refractivity contribution in [2.75, 3.05) is 24.6 Å². The van der Waals surface area contributed by atoms with Gasteiger partial charge < -0.3 is 10.0 Å². The zero-order valence-corrected chi connectivity index (χ0v) is 9.53. The molecule has 4 nitrogen and oxygen atoms in total. The summed E-state index contributed by atoms with van der Waals surface area (Å²) in [5.41, 5.74) is 0.161. The summed E-state index contributed by atoms with van der Waals surface area (Å²) in [7, 11) is 0. The van der Waals surface area contributed by atoms with Crippen LogP contribution in [0.5, 0.6) is 0 Å². The minimum absolute atomic E-state index is 0.0177. The molecule has 0 aliphatic carbocycles. The predicted molar refractivity (Wildman–Crippen MR) is 59.3 cm³/mol. The summed E-state index contributed by atoms with van der Waals surface area (Å²) in [5.74, 6) is 0.0834. The molecular weight excluding hydrogens is 252 g/mol. The number of rotatable bonds is 5. The van der Waals surface area contributed by atoms with Crippen LogP contribution in [0.25, 0.3) is 0 Å². The Kier molecular flexibility index (Phi) is 5.07. The minimum atomic E-state index is -2.58. The van der Waals surface area contributed by atoms with Crippen LogP contribution in [0.2, 0.25) is 5.02 Å². The Hall–Kier alpha value is -1.45. The first-order valence-electron chi connectivity index (χ1n) is 4.78. The van der Waals surface area contributed by atoms with Crippen molar-refractivity contribution in [3.63, 3.8) is 0 Å². The van der Waals surface area contributed by atoms with Gasteiger partial charge in [-0.3, -0.25) is 0 Å². The Morgan fingerprint density at radius 2 is 2.29 bits per heavy atom. The molecule has 0 radical (unpaired) electrons. The van der Waals surface area contributed by atoms with Gasteiger partial charge in [0.25, 0.3) is 6.43 Å². The van der Waals surface area contributed by atoms with Crippen molar-refractivity contribution in [1.29, 1.82) is 5.26 Å². The van der Waals surface area contributed by atoms with E-state index >= 15 is 0 Å². The number of aromatic nitrogens is 1. The van der Waals surface area contributed by atoms with E-state index in [-0.39, 0.29) is 29.6 Å². The van der Waals surface area contributed by atoms with Gasteiger partial charge in [0.05, 0.1) is 18.7 Å². The zero-order valence-electron chi connectivity index (χ0n) is 8.78. The first-order chi connectivity index (χ1) is 8.10. The average Bonchev–Trinajstić information content (AvgIpc) is 2.28. The van der Waals surface area contributed by atoms with Gasteiger partial charge in [-0.15, -0.1) is 0 Å². The van der Waals surface area contributed by atoms with E-state index < -0.39 is 13.0 Å². The van der Waals surface area contributed by atoms with Crippen molar-refractivity contribution in [2.24, 2.45) is 0 Å². The number of aliphatic hydroxyl groups is 1. The largest absolute Gasteiger partial charge is 0.395 e. The van der Waals surface area contributed by atoms with Crippen LogP contribution in [0, 0.1) is 11.3 Å². The lowest BCUT2D eigenvalue weighted by molar-refractivity contribution is 0.152. The van der Waals surface area contributed by atoms with Crippen molar-refractivity contribution in [3.05, 3.63) is 22.8 Å². The number of alkyl halides is 2. The van der Waals surface area contributed by atoms with E-state index in [0.717, 1.165) is 4.90 Å². The van der Waals surface area contributed by atoms with E-state index in [1.165, 1.54) is 12.3 Å². The molecule has 0 saturated carbocycles. The van der Waals surface area contributed by atoms with Crippen LogP contribution in [-0.2, 0) is 0 Å². The van der Waals surface area contributed by atoms with Crippen LogP contribution in [0.4, 0.5) is 14.6 Å².